The van der Waals surface area contributed by atoms with Gasteiger partial charge in [-0.15, -0.1) is 0 Å². The third kappa shape index (κ3) is 3.23. The van der Waals surface area contributed by atoms with Crippen LogP contribution in [0.15, 0.2) is 59.3 Å². The number of rotatable bonds is 4. The van der Waals surface area contributed by atoms with Crippen LogP contribution in [-0.4, -0.2) is 34.0 Å². The lowest BCUT2D eigenvalue weighted by molar-refractivity contribution is -0.113. The number of likely N-dealkylation sites (N-methyl/N-ethyl adjacent to an activating group) is 1. The van der Waals surface area contributed by atoms with Crippen molar-refractivity contribution in [1.29, 1.82) is 0 Å². The molecule has 5 nitrogen and oxygen atoms in total. The van der Waals surface area contributed by atoms with Crippen LogP contribution in [0.4, 0.5) is 5.82 Å². The molecule has 0 bridgehead atoms. The number of hydrogen-bond acceptors (Lipinski definition) is 5. The van der Waals surface area contributed by atoms with Crippen LogP contribution in [0.3, 0.4) is 0 Å². The number of fused-ring (bicyclic) bond motifs is 1. The Labute approximate surface area is 139 Å². The number of aliphatic hydroxyl groups excluding tert-OH is 1. The number of aromatic nitrogens is 1. The van der Waals surface area contributed by atoms with E-state index in [-0.39, 0.29) is 12.5 Å². The summed E-state index contributed by atoms with van der Waals surface area (Å²) in [6, 6.07) is 13.3. The molecule has 0 spiro atoms. The number of carbonyl (C=O) groups is 1. The van der Waals surface area contributed by atoms with Crippen molar-refractivity contribution in [1.82, 2.24) is 9.29 Å². The van der Waals surface area contributed by atoms with Gasteiger partial charge in [0.1, 0.15) is 11.5 Å². The van der Waals surface area contributed by atoms with E-state index < -0.39 is 0 Å². The summed E-state index contributed by atoms with van der Waals surface area (Å²) in [6.07, 6.45) is 2.06. The third-order valence-electron chi connectivity index (χ3n) is 3.53. The molecule has 0 unspecified atom stereocenters. The van der Waals surface area contributed by atoms with Gasteiger partial charge in [-0.3, -0.25) is 4.79 Å². The maximum atomic E-state index is 12.7. The summed E-state index contributed by atoms with van der Waals surface area (Å²) in [5.41, 5.74) is 2.39. The largest absolute Gasteiger partial charge is 0.396 e. The molecule has 2 heterocycles. The van der Waals surface area contributed by atoms with E-state index in [2.05, 4.69) is 10.3 Å². The summed E-state index contributed by atoms with van der Waals surface area (Å²) in [5.74, 6) is 0.280. The van der Waals surface area contributed by atoms with Gasteiger partial charge in [-0.05, 0) is 47.7 Å². The molecule has 0 radical (unpaired) electrons. The highest BCUT2D eigenvalue weighted by molar-refractivity contribution is 7.97. The molecule has 0 saturated heterocycles. The van der Waals surface area contributed by atoms with Gasteiger partial charge in [0, 0.05) is 24.7 Å². The van der Waals surface area contributed by atoms with Crippen molar-refractivity contribution < 1.29 is 9.90 Å². The topological polar surface area (TPSA) is 65.5 Å². The quantitative estimate of drug-likeness (QED) is 0.845. The highest BCUT2D eigenvalue weighted by Crippen LogP contribution is 2.41. The van der Waals surface area contributed by atoms with Gasteiger partial charge in [0.15, 0.2) is 0 Å². The van der Waals surface area contributed by atoms with Crippen LogP contribution < -0.4 is 5.32 Å². The molecule has 6 heteroatoms. The SMILES string of the molecule is CN1Sc2ccccc2C(CCO)=C1C(=O)Nc1ccccn1. The second-order valence-electron chi connectivity index (χ2n) is 5.05. The Morgan fingerprint density at radius 2 is 2.04 bits per heavy atom. The van der Waals surface area contributed by atoms with Gasteiger partial charge in [-0.2, -0.15) is 0 Å². The minimum absolute atomic E-state index is 0.0114. The number of hydrogen-bond donors (Lipinski definition) is 2. The fourth-order valence-corrected chi connectivity index (χ4v) is 3.57. The van der Waals surface area contributed by atoms with Crippen LogP contribution >= 0.6 is 11.9 Å². The zero-order valence-corrected chi connectivity index (χ0v) is 13.5. The fourth-order valence-electron chi connectivity index (χ4n) is 2.56. The van der Waals surface area contributed by atoms with Crippen molar-refractivity contribution >= 4 is 29.2 Å². The van der Waals surface area contributed by atoms with E-state index in [0.717, 1.165) is 16.0 Å². The van der Waals surface area contributed by atoms with Gasteiger partial charge in [0.25, 0.3) is 5.91 Å². The summed E-state index contributed by atoms with van der Waals surface area (Å²) in [4.78, 5) is 17.9. The summed E-state index contributed by atoms with van der Waals surface area (Å²) in [5, 5.41) is 12.2. The lowest BCUT2D eigenvalue weighted by Gasteiger charge is -2.30. The minimum atomic E-state index is -0.225. The molecular formula is C17H17N3O2S. The number of carbonyl (C=O) groups excluding carboxylic acids is 1. The van der Waals surface area contributed by atoms with E-state index in [1.807, 2.05) is 41.7 Å². The van der Waals surface area contributed by atoms with Crippen molar-refractivity contribution in [3.8, 4) is 0 Å². The maximum absolute atomic E-state index is 12.7. The molecule has 1 aromatic carbocycles. The first-order valence-electron chi connectivity index (χ1n) is 7.28. The molecule has 0 aliphatic carbocycles. The minimum Gasteiger partial charge on any atom is -0.396 e. The number of nitrogens with one attached hydrogen (secondary N) is 1. The van der Waals surface area contributed by atoms with Crippen molar-refractivity contribution in [3.63, 3.8) is 0 Å². The molecule has 2 N–H and O–H groups in total. The lowest BCUT2D eigenvalue weighted by atomic mass is 9.99. The molecular weight excluding hydrogens is 310 g/mol. The highest BCUT2D eigenvalue weighted by Gasteiger charge is 2.27. The Bertz CT molecular complexity index is 747. The van der Waals surface area contributed by atoms with E-state index in [0.29, 0.717) is 17.9 Å². The second-order valence-corrected chi connectivity index (χ2v) is 6.22. The molecule has 0 atom stereocenters. The van der Waals surface area contributed by atoms with Crippen LogP contribution in [0.2, 0.25) is 0 Å². The van der Waals surface area contributed by atoms with Gasteiger partial charge in [0.2, 0.25) is 0 Å². The molecule has 0 fully saturated rings. The van der Waals surface area contributed by atoms with E-state index >= 15 is 0 Å². The van der Waals surface area contributed by atoms with E-state index in [9.17, 15) is 9.90 Å². The summed E-state index contributed by atoms with van der Waals surface area (Å²) >= 11 is 1.50. The zero-order valence-electron chi connectivity index (χ0n) is 12.7. The maximum Gasteiger partial charge on any atom is 0.274 e. The number of nitrogens with zero attached hydrogens (tertiary/aromatic N) is 2. The average molecular weight is 327 g/mol. The van der Waals surface area contributed by atoms with Gasteiger partial charge in [-0.1, -0.05) is 24.3 Å². The Morgan fingerprint density at radius 1 is 1.26 bits per heavy atom. The number of pyridine rings is 1. The fraction of sp³-hybridized carbons (Fsp3) is 0.176. The highest BCUT2D eigenvalue weighted by atomic mass is 32.2. The van der Waals surface area contributed by atoms with Gasteiger partial charge >= 0.3 is 0 Å². The first-order chi connectivity index (χ1) is 11.2. The smallest absolute Gasteiger partial charge is 0.274 e. The second kappa shape index (κ2) is 6.85. The summed E-state index contributed by atoms with van der Waals surface area (Å²) < 4.78 is 1.84. The Balaban J connectivity index is 2.00. The standard InChI is InChI=1S/C17H17N3O2S/c1-20-16(17(22)19-15-8-4-5-10-18-15)13(9-11-21)12-6-2-3-7-14(12)23-20/h2-8,10,21H,9,11H2,1H3,(H,18,19,22). The van der Waals surface area contributed by atoms with Crippen LogP contribution in [0.25, 0.3) is 5.57 Å². The Hall–Kier alpha value is -2.31. The predicted molar refractivity (Wildman–Crippen MR) is 91.6 cm³/mol. The zero-order chi connectivity index (χ0) is 16.2. The summed E-state index contributed by atoms with van der Waals surface area (Å²) in [6.45, 7) is -0.0114. The lowest BCUT2D eigenvalue weighted by Crippen LogP contribution is -2.28. The van der Waals surface area contributed by atoms with Gasteiger partial charge in [0.05, 0.1) is 0 Å². The van der Waals surface area contributed by atoms with Crippen LogP contribution in [0.5, 0.6) is 0 Å². The van der Waals surface area contributed by atoms with E-state index in [1.54, 1.807) is 18.3 Å². The van der Waals surface area contributed by atoms with Crippen molar-refractivity contribution in [2.75, 3.05) is 19.0 Å². The molecule has 1 aromatic heterocycles. The first kappa shape index (κ1) is 15.6. The molecule has 2 aromatic rings. The Morgan fingerprint density at radius 3 is 2.78 bits per heavy atom. The molecule has 3 rings (SSSR count). The number of anilines is 1. The normalized spacial score (nSPS) is 13.7. The van der Waals surface area contributed by atoms with Crippen LogP contribution in [0.1, 0.15) is 12.0 Å². The van der Waals surface area contributed by atoms with Crippen LogP contribution in [-0.2, 0) is 4.79 Å². The monoisotopic (exact) mass is 327 g/mol. The van der Waals surface area contributed by atoms with Crippen molar-refractivity contribution in [2.45, 2.75) is 11.3 Å². The number of aliphatic hydroxyl groups is 1. The van der Waals surface area contributed by atoms with Crippen molar-refractivity contribution in [3.05, 3.63) is 59.9 Å². The predicted octanol–water partition coefficient (Wildman–Crippen LogP) is 2.77. The third-order valence-corrected chi connectivity index (χ3v) is 4.54. The van der Waals surface area contributed by atoms with Crippen LogP contribution in [0, 0.1) is 0 Å². The molecule has 0 saturated carbocycles. The van der Waals surface area contributed by atoms with Gasteiger partial charge in [-0.25, -0.2) is 4.98 Å². The average Bonchev–Trinajstić information content (AvgIpc) is 2.56. The Kier molecular flexibility index (Phi) is 4.64. The van der Waals surface area contributed by atoms with Gasteiger partial charge < -0.3 is 14.7 Å². The van der Waals surface area contributed by atoms with Crippen molar-refractivity contribution in [2.24, 2.45) is 0 Å². The molecule has 1 aliphatic rings. The molecule has 23 heavy (non-hydrogen) atoms. The number of benzene rings is 1. The molecule has 1 amide bonds. The molecule has 118 valence electrons. The van der Waals surface area contributed by atoms with E-state index in [4.69, 9.17) is 0 Å². The summed E-state index contributed by atoms with van der Waals surface area (Å²) in [7, 11) is 1.85. The van der Waals surface area contributed by atoms with E-state index in [1.165, 1.54) is 11.9 Å². The first-order valence-corrected chi connectivity index (χ1v) is 8.05. The molecule has 1 aliphatic heterocycles. The number of amides is 1.